The molecule has 0 amide bonds. The summed E-state index contributed by atoms with van der Waals surface area (Å²) in [7, 11) is 0. The summed E-state index contributed by atoms with van der Waals surface area (Å²) >= 11 is 0. The van der Waals surface area contributed by atoms with Crippen LogP contribution in [0.25, 0.3) is 0 Å². The molecule has 0 aromatic carbocycles. The van der Waals surface area contributed by atoms with Gasteiger partial charge in [0.2, 0.25) is 0 Å². The molecule has 2 fully saturated rings. The second-order valence-corrected chi connectivity index (χ2v) is 7.32. The van der Waals surface area contributed by atoms with E-state index in [2.05, 4.69) is 12.2 Å². The molecule has 0 aromatic heterocycles. The first-order chi connectivity index (χ1) is 9.24. The Morgan fingerprint density at radius 1 is 1.11 bits per heavy atom. The quantitative estimate of drug-likeness (QED) is 0.719. The lowest BCUT2D eigenvalue weighted by Crippen LogP contribution is -2.39. The fourth-order valence-corrected chi connectivity index (χ4v) is 4.17. The summed E-state index contributed by atoms with van der Waals surface area (Å²) in [5.74, 6) is 1.90. The maximum Gasteiger partial charge on any atom is 0.0499 e. The van der Waals surface area contributed by atoms with Crippen molar-refractivity contribution in [1.82, 2.24) is 5.32 Å². The van der Waals surface area contributed by atoms with E-state index in [1.165, 1.54) is 64.2 Å². The minimum atomic E-state index is 0.206. The van der Waals surface area contributed by atoms with Gasteiger partial charge in [0, 0.05) is 18.6 Å². The van der Waals surface area contributed by atoms with Crippen molar-refractivity contribution in [1.29, 1.82) is 0 Å². The molecule has 0 spiro atoms. The Balaban J connectivity index is 1.62. The minimum absolute atomic E-state index is 0.206. The van der Waals surface area contributed by atoms with Gasteiger partial charge in [-0.3, -0.25) is 0 Å². The number of rotatable bonds is 6. The first-order valence-corrected chi connectivity index (χ1v) is 8.56. The van der Waals surface area contributed by atoms with E-state index < -0.39 is 0 Å². The van der Waals surface area contributed by atoms with E-state index in [1.807, 2.05) is 0 Å². The molecule has 2 nitrogen and oxygen atoms in total. The molecule has 2 heteroatoms. The first kappa shape index (κ1) is 15.3. The molecule has 2 aliphatic rings. The van der Waals surface area contributed by atoms with Gasteiger partial charge in [-0.2, -0.15) is 0 Å². The van der Waals surface area contributed by atoms with Crippen LogP contribution in [0, 0.1) is 17.3 Å². The highest BCUT2D eigenvalue weighted by molar-refractivity contribution is 4.84. The summed E-state index contributed by atoms with van der Waals surface area (Å²) in [4.78, 5) is 0. The van der Waals surface area contributed by atoms with Gasteiger partial charge in [0.05, 0.1) is 0 Å². The van der Waals surface area contributed by atoms with Gasteiger partial charge in [-0.25, -0.2) is 0 Å². The summed E-state index contributed by atoms with van der Waals surface area (Å²) in [6.07, 6.45) is 13.5. The van der Waals surface area contributed by atoms with E-state index in [1.54, 1.807) is 0 Å². The molecule has 2 aliphatic carbocycles. The van der Waals surface area contributed by atoms with Gasteiger partial charge < -0.3 is 10.4 Å². The molecular formula is C17H33NO. The average Bonchev–Trinajstić information content (AvgIpc) is 2.45. The van der Waals surface area contributed by atoms with Gasteiger partial charge >= 0.3 is 0 Å². The monoisotopic (exact) mass is 267 g/mol. The normalized spacial score (nSPS) is 31.3. The van der Waals surface area contributed by atoms with Crippen LogP contribution in [0.4, 0.5) is 0 Å². The summed E-state index contributed by atoms with van der Waals surface area (Å²) in [6.45, 7) is 4.97. The molecule has 0 heterocycles. The van der Waals surface area contributed by atoms with Crippen LogP contribution in [0.5, 0.6) is 0 Å². The van der Waals surface area contributed by atoms with Gasteiger partial charge in [0.25, 0.3) is 0 Å². The largest absolute Gasteiger partial charge is 0.396 e. The maximum absolute atomic E-state index is 9.68. The zero-order chi connectivity index (χ0) is 13.6. The molecular weight excluding hydrogens is 234 g/mol. The second-order valence-electron chi connectivity index (χ2n) is 7.32. The van der Waals surface area contributed by atoms with Gasteiger partial charge in [-0.1, -0.05) is 45.4 Å². The minimum Gasteiger partial charge on any atom is -0.396 e. The van der Waals surface area contributed by atoms with Crippen molar-refractivity contribution in [3.05, 3.63) is 0 Å². The Labute approximate surface area is 119 Å². The molecule has 112 valence electrons. The van der Waals surface area contributed by atoms with E-state index in [4.69, 9.17) is 0 Å². The number of nitrogens with one attached hydrogen (secondary N) is 1. The van der Waals surface area contributed by atoms with Gasteiger partial charge in [0.15, 0.2) is 0 Å². The van der Waals surface area contributed by atoms with E-state index in [0.29, 0.717) is 6.61 Å². The zero-order valence-electron chi connectivity index (χ0n) is 12.8. The molecule has 0 radical (unpaired) electrons. The highest BCUT2D eigenvalue weighted by atomic mass is 16.3. The third-order valence-electron chi connectivity index (χ3n) is 5.52. The molecule has 2 unspecified atom stereocenters. The van der Waals surface area contributed by atoms with Crippen molar-refractivity contribution in [3.63, 3.8) is 0 Å². The van der Waals surface area contributed by atoms with E-state index in [-0.39, 0.29) is 5.41 Å². The standard InChI is InChI=1S/C17H33NO/c1-15-6-5-7-16(12-15)8-11-18-13-17(14-19)9-3-2-4-10-17/h15-16,18-19H,2-14H2,1H3. The van der Waals surface area contributed by atoms with Crippen molar-refractivity contribution in [3.8, 4) is 0 Å². The SMILES string of the molecule is CC1CCCC(CCNCC2(CO)CCCCC2)C1. The number of aliphatic hydroxyl groups excluding tert-OH is 1. The Hall–Kier alpha value is -0.0800. The Bertz CT molecular complexity index is 248. The lowest BCUT2D eigenvalue weighted by molar-refractivity contribution is 0.0808. The smallest absolute Gasteiger partial charge is 0.0499 e. The Morgan fingerprint density at radius 3 is 2.58 bits per heavy atom. The first-order valence-electron chi connectivity index (χ1n) is 8.56. The zero-order valence-corrected chi connectivity index (χ0v) is 12.8. The fourth-order valence-electron chi connectivity index (χ4n) is 4.17. The summed E-state index contributed by atoms with van der Waals surface area (Å²) < 4.78 is 0. The van der Waals surface area contributed by atoms with Crippen LogP contribution < -0.4 is 5.32 Å². The van der Waals surface area contributed by atoms with Crippen molar-refractivity contribution in [2.75, 3.05) is 19.7 Å². The molecule has 2 N–H and O–H groups in total. The second kappa shape index (κ2) is 7.64. The predicted octanol–water partition coefficient (Wildman–Crippen LogP) is 3.74. The molecule has 19 heavy (non-hydrogen) atoms. The lowest BCUT2D eigenvalue weighted by Gasteiger charge is -2.36. The van der Waals surface area contributed by atoms with Crippen LogP contribution in [0.1, 0.15) is 71.1 Å². The van der Waals surface area contributed by atoms with Gasteiger partial charge in [-0.05, 0) is 44.1 Å². The summed E-state index contributed by atoms with van der Waals surface area (Å²) in [5.41, 5.74) is 0.206. The number of hydrogen-bond donors (Lipinski definition) is 2. The van der Waals surface area contributed by atoms with Gasteiger partial charge in [-0.15, -0.1) is 0 Å². The highest BCUT2D eigenvalue weighted by Gasteiger charge is 2.30. The molecule has 0 saturated heterocycles. The van der Waals surface area contributed by atoms with E-state index in [9.17, 15) is 5.11 Å². The van der Waals surface area contributed by atoms with E-state index >= 15 is 0 Å². The third kappa shape index (κ3) is 4.75. The van der Waals surface area contributed by atoms with Crippen LogP contribution >= 0.6 is 0 Å². The van der Waals surface area contributed by atoms with Crippen molar-refractivity contribution < 1.29 is 5.11 Å². The third-order valence-corrected chi connectivity index (χ3v) is 5.52. The average molecular weight is 267 g/mol. The van der Waals surface area contributed by atoms with Crippen LogP contribution in [0.3, 0.4) is 0 Å². The molecule has 2 rings (SSSR count). The molecule has 0 bridgehead atoms. The van der Waals surface area contributed by atoms with Crippen molar-refractivity contribution in [2.45, 2.75) is 71.1 Å². The number of hydrogen-bond acceptors (Lipinski definition) is 2. The van der Waals surface area contributed by atoms with Crippen molar-refractivity contribution >= 4 is 0 Å². The summed E-state index contributed by atoms with van der Waals surface area (Å²) in [5, 5.41) is 13.3. The Kier molecular flexibility index (Phi) is 6.15. The molecule has 0 aliphatic heterocycles. The van der Waals surface area contributed by atoms with Crippen LogP contribution in [-0.4, -0.2) is 24.8 Å². The predicted molar refractivity (Wildman–Crippen MR) is 81.2 cm³/mol. The topological polar surface area (TPSA) is 32.3 Å². The fraction of sp³-hybridized carbons (Fsp3) is 1.00. The van der Waals surface area contributed by atoms with Crippen LogP contribution in [-0.2, 0) is 0 Å². The highest BCUT2D eigenvalue weighted by Crippen LogP contribution is 2.35. The molecule has 2 atom stereocenters. The summed E-state index contributed by atoms with van der Waals surface area (Å²) in [6, 6.07) is 0. The van der Waals surface area contributed by atoms with Crippen molar-refractivity contribution in [2.24, 2.45) is 17.3 Å². The van der Waals surface area contributed by atoms with Crippen LogP contribution in [0.15, 0.2) is 0 Å². The molecule has 2 saturated carbocycles. The van der Waals surface area contributed by atoms with Gasteiger partial charge in [0.1, 0.15) is 0 Å². The lowest BCUT2D eigenvalue weighted by atomic mass is 9.74. The van der Waals surface area contributed by atoms with Crippen LogP contribution in [0.2, 0.25) is 0 Å². The Morgan fingerprint density at radius 2 is 1.89 bits per heavy atom. The molecule has 0 aromatic rings. The maximum atomic E-state index is 9.68. The van der Waals surface area contributed by atoms with E-state index in [0.717, 1.165) is 24.9 Å². The number of aliphatic hydroxyl groups is 1.